The molecule has 180 valence electrons. The maximum Gasteiger partial charge on any atom is 0.244 e. The predicted octanol–water partition coefficient (Wildman–Crippen LogP) is 3.44. The molecule has 1 atom stereocenters. The molecule has 0 saturated heterocycles. The Balaban J connectivity index is 2.41. The zero-order valence-corrected chi connectivity index (χ0v) is 21.1. The van der Waals surface area contributed by atoms with Crippen LogP contribution in [-0.2, 0) is 26.2 Å². The molecular formula is C25H35N3O4S. The summed E-state index contributed by atoms with van der Waals surface area (Å²) in [4.78, 5) is 27.5. The van der Waals surface area contributed by atoms with Crippen LogP contribution in [-0.4, -0.2) is 51.0 Å². The van der Waals surface area contributed by atoms with Crippen LogP contribution in [0.1, 0.15) is 49.8 Å². The summed E-state index contributed by atoms with van der Waals surface area (Å²) in [6, 6.07) is 14.1. The van der Waals surface area contributed by atoms with Gasteiger partial charge in [0, 0.05) is 13.6 Å². The smallest absolute Gasteiger partial charge is 0.244 e. The Morgan fingerprint density at radius 3 is 2.18 bits per heavy atom. The van der Waals surface area contributed by atoms with Gasteiger partial charge in [-0.15, -0.1) is 0 Å². The van der Waals surface area contributed by atoms with Crippen molar-refractivity contribution in [2.24, 2.45) is 0 Å². The lowest BCUT2D eigenvalue weighted by molar-refractivity contribution is -0.140. The number of carbonyl (C=O) groups excluding carboxylic acids is 2. The third kappa shape index (κ3) is 7.05. The molecule has 8 heteroatoms. The first kappa shape index (κ1) is 26.4. The normalized spacial score (nSPS) is 12.3. The van der Waals surface area contributed by atoms with Crippen molar-refractivity contribution in [2.75, 3.05) is 24.2 Å². The average Bonchev–Trinajstić information content (AvgIpc) is 2.76. The van der Waals surface area contributed by atoms with E-state index in [1.807, 2.05) is 50.2 Å². The highest BCUT2D eigenvalue weighted by Crippen LogP contribution is 2.23. The molecule has 0 aromatic heterocycles. The van der Waals surface area contributed by atoms with Gasteiger partial charge in [-0.3, -0.25) is 13.9 Å². The second-order valence-electron chi connectivity index (χ2n) is 8.56. The third-order valence-corrected chi connectivity index (χ3v) is 6.74. The largest absolute Gasteiger partial charge is 0.357 e. The highest BCUT2D eigenvalue weighted by molar-refractivity contribution is 7.92. The van der Waals surface area contributed by atoms with Crippen molar-refractivity contribution in [1.82, 2.24) is 10.2 Å². The quantitative estimate of drug-likeness (QED) is 0.573. The Morgan fingerprint density at radius 2 is 1.70 bits per heavy atom. The zero-order chi connectivity index (χ0) is 24.8. The third-order valence-electron chi connectivity index (χ3n) is 5.59. The molecule has 0 bridgehead atoms. The molecule has 0 unspecified atom stereocenters. The van der Waals surface area contributed by atoms with Crippen LogP contribution < -0.4 is 9.62 Å². The summed E-state index contributed by atoms with van der Waals surface area (Å²) in [6.45, 7) is 7.71. The number of nitrogens with one attached hydrogen (secondary N) is 1. The minimum absolute atomic E-state index is 0.205. The summed E-state index contributed by atoms with van der Waals surface area (Å²) < 4.78 is 26.3. The van der Waals surface area contributed by atoms with Crippen molar-refractivity contribution in [2.45, 2.75) is 52.6 Å². The molecule has 7 nitrogen and oxygen atoms in total. The molecular weight excluding hydrogens is 438 g/mol. The predicted molar refractivity (Wildman–Crippen MR) is 133 cm³/mol. The van der Waals surface area contributed by atoms with Gasteiger partial charge in [-0.05, 0) is 42.5 Å². The van der Waals surface area contributed by atoms with Crippen LogP contribution in [0.25, 0.3) is 0 Å². The molecule has 1 N–H and O–H groups in total. The standard InChI is InChI=1S/C25H35N3O4S/c1-7-23(25(30)26-5)27(16-20-10-8-9-19(4)15-20)24(29)17-28(33(6,31)32)22-13-11-21(12-14-22)18(2)3/h8-15,18,23H,7,16-17H2,1-6H3,(H,26,30)/t23-/m0/s1. The Bertz CT molecular complexity index is 1070. The van der Waals surface area contributed by atoms with Crippen molar-refractivity contribution in [1.29, 1.82) is 0 Å². The number of amides is 2. The molecule has 0 aliphatic rings. The topological polar surface area (TPSA) is 86.8 Å². The fourth-order valence-corrected chi connectivity index (χ4v) is 4.58. The van der Waals surface area contributed by atoms with E-state index in [0.717, 1.165) is 27.3 Å². The number of nitrogens with zero attached hydrogens (tertiary/aromatic N) is 2. The summed E-state index contributed by atoms with van der Waals surface area (Å²) in [5.74, 6) is -0.425. The maximum absolute atomic E-state index is 13.5. The number of benzene rings is 2. The van der Waals surface area contributed by atoms with E-state index in [0.29, 0.717) is 18.0 Å². The van der Waals surface area contributed by atoms with E-state index in [9.17, 15) is 18.0 Å². The fourth-order valence-electron chi connectivity index (χ4n) is 3.73. The number of carbonyl (C=O) groups is 2. The van der Waals surface area contributed by atoms with E-state index < -0.39 is 22.0 Å². The fraction of sp³-hybridized carbons (Fsp3) is 0.440. The Kier molecular flexibility index (Phi) is 9.05. The van der Waals surface area contributed by atoms with Gasteiger partial charge in [-0.25, -0.2) is 8.42 Å². The number of likely N-dealkylation sites (N-methyl/N-ethyl adjacent to an activating group) is 1. The van der Waals surface area contributed by atoms with E-state index in [4.69, 9.17) is 0 Å². The van der Waals surface area contributed by atoms with Gasteiger partial charge in [0.05, 0.1) is 11.9 Å². The maximum atomic E-state index is 13.5. The molecule has 2 aromatic carbocycles. The van der Waals surface area contributed by atoms with Gasteiger partial charge in [-0.1, -0.05) is 62.7 Å². The minimum Gasteiger partial charge on any atom is -0.357 e. The molecule has 2 aromatic rings. The second-order valence-corrected chi connectivity index (χ2v) is 10.5. The SMILES string of the molecule is CC[C@@H](C(=O)NC)N(Cc1cccc(C)c1)C(=O)CN(c1ccc(C(C)C)cc1)S(C)(=O)=O. The number of anilines is 1. The average molecular weight is 474 g/mol. The van der Waals surface area contributed by atoms with Crippen molar-refractivity contribution < 1.29 is 18.0 Å². The van der Waals surface area contributed by atoms with E-state index in [-0.39, 0.29) is 19.0 Å². The van der Waals surface area contributed by atoms with E-state index in [1.54, 1.807) is 12.1 Å². The Labute approximate surface area is 197 Å². The van der Waals surface area contributed by atoms with Crippen LogP contribution >= 0.6 is 0 Å². The van der Waals surface area contributed by atoms with Crippen molar-refractivity contribution >= 4 is 27.5 Å². The lowest BCUT2D eigenvalue weighted by atomic mass is 10.0. The van der Waals surface area contributed by atoms with Crippen LogP contribution in [0.4, 0.5) is 5.69 Å². The number of sulfonamides is 1. The number of rotatable bonds is 10. The van der Waals surface area contributed by atoms with Crippen LogP contribution in [0.2, 0.25) is 0 Å². The Hall–Kier alpha value is -2.87. The molecule has 0 saturated carbocycles. The van der Waals surface area contributed by atoms with Crippen LogP contribution in [0.3, 0.4) is 0 Å². The number of aryl methyl sites for hydroxylation is 1. The van der Waals surface area contributed by atoms with Crippen LogP contribution in [0.5, 0.6) is 0 Å². The van der Waals surface area contributed by atoms with Gasteiger partial charge >= 0.3 is 0 Å². The molecule has 2 amide bonds. The molecule has 2 rings (SSSR count). The summed E-state index contributed by atoms with van der Waals surface area (Å²) in [6.07, 6.45) is 1.48. The minimum atomic E-state index is -3.73. The van der Waals surface area contributed by atoms with Gasteiger partial charge in [0.25, 0.3) is 0 Å². The summed E-state index contributed by atoms with van der Waals surface area (Å²) in [5, 5.41) is 2.62. The summed E-state index contributed by atoms with van der Waals surface area (Å²) in [5.41, 5.74) is 3.40. The van der Waals surface area contributed by atoms with E-state index >= 15 is 0 Å². The lowest BCUT2D eigenvalue weighted by Crippen LogP contribution is -2.51. The Morgan fingerprint density at radius 1 is 1.06 bits per heavy atom. The van der Waals surface area contributed by atoms with Crippen molar-refractivity contribution in [3.05, 3.63) is 65.2 Å². The van der Waals surface area contributed by atoms with Gasteiger partial charge in [-0.2, -0.15) is 0 Å². The van der Waals surface area contributed by atoms with Crippen LogP contribution in [0.15, 0.2) is 48.5 Å². The van der Waals surface area contributed by atoms with Crippen molar-refractivity contribution in [3.8, 4) is 0 Å². The van der Waals surface area contributed by atoms with E-state index in [1.165, 1.54) is 11.9 Å². The molecule has 0 heterocycles. The number of hydrogen-bond donors (Lipinski definition) is 1. The molecule has 33 heavy (non-hydrogen) atoms. The molecule has 0 radical (unpaired) electrons. The highest BCUT2D eigenvalue weighted by Gasteiger charge is 2.31. The first-order chi connectivity index (χ1) is 15.5. The van der Waals surface area contributed by atoms with Crippen LogP contribution in [0, 0.1) is 6.92 Å². The number of hydrogen-bond acceptors (Lipinski definition) is 4. The summed E-state index contributed by atoms with van der Waals surface area (Å²) >= 11 is 0. The first-order valence-electron chi connectivity index (χ1n) is 11.1. The molecule has 0 aliphatic carbocycles. The van der Waals surface area contributed by atoms with Crippen molar-refractivity contribution in [3.63, 3.8) is 0 Å². The van der Waals surface area contributed by atoms with Gasteiger partial charge < -0.3 is 10.2 Å². The zero-order valence-electron chi connectivity index (χ0n) is 20.3. The van der Waals surface area contributed by atoms with Gasteiger partial charge in [0.15, 0.2) is 0 Å². The highest BCUT2D eigenvalue weighted by atomic mass is 32.2. The lowest BCUT2D eigenvalue weighted by Gasteiger charge is -2.32. The van der Waals surface area contributed by atoms with Gasteiger partial charge in [0.2, 0.25) is 21.8 Å². The summed E-state index contributed by atoms with van der Waals surface area (Å²) in [7, 11) is -2.20. The molecule has 0 aliphatic heterocycles. The monoisotopic (exact) mass is 473 g/mol. The second kappa shape index (κ2) is 11.3. The van der Waals surface area contributed by atoms with Gasteiger partial charge in [0.1, 0.15) is 12.6 Å². The van der Waals surface area contributed by atoms with E-state index in [2.05, 4.69) is 19.2 Å². The molecule has 0 fully saturated rings. The molecule has 0 spiro atoms. The first-order valence-corrected chi connectivity index (χ1v) is 13.0.